The molecule has 18 heavy (non-hydrogen) atoms. The predicted molar refractivity (Wildman–Crippen MR) is 68.4 cm³/mol. The van der Waals surface area contributed by atoms with Crippen molar-refractivity contribution in [3.63, 3.8) is 0 Å². The van der Waals surface area contributed by atoms with Gasteiger partial charge >= 0.3 is 0 Å². The number of aromatic nitrogens is 2. The summed E-state index contributed by atoms with van der Waals surface area (Å²) in [6.07, 6.45) is 0.895. The van der Waals surface area contributed by atoms with Crippen molar-refractivity contribution in [1.29, 1.82) is 0 Å². The molecule has 0 bridgehead atoms. The van der Waals surface area contributed by atoms with Gasteiger partial charge in [-0.25, -0.2) is 9.97 Å². The first-order valence-corrected chi connectivity index (χ1v) is 5.90. The number of nitrogens with one attached hydrogen (secondary N) is 1. The van der Waals surface area contributed by atoms with E-state index >= 15 is 0 Å². The van der Waals surface area contributed by atoms with E-state index in [9.17, 15) is 0 Å². The third-order valence-corrected chi connectivity index (χ3v) is 2.15. The molecule has 0 saturated heterocycles. The van der Waals surface area contributed by atoms with E-state index in [1.54, 1.807) is 14.2 Å². The molecule has 0 amide bonds. The number of methoxy groups -OCH3 is 2. The smallest absolute Gasteiger partial charge is 0.156 e. The minimum absolute atomic E-state index is 0.338. The summed E-state index contributed by atoms with van der Waals surface area (Å²) in [6, 6.07) is 1.91. The van der Waals surface area contributed by atoms with Crippen molar-refractivity contribution < 1.29 is 14.2 Å². The number of nitrogens with zero attached hydrogens (tertiary/aromatic N) is 2. The van der Waals surface area contributed by atoms with Gasteiger partial charge in [-0.2, -0.15) is 0 Å². The highest BCUT2D eigenvalue weighted by Crippen LogP contribution is 2.06. The molecule has 0 aliphatic carbocycles. The van der Waals surface area contributed by atoms with Gasteiger partial charge in [0.2, 0.25) is 0 Å². The molecule has 0 aromatic carbocycles. The Morgan fingerprint density at radius 3 is 2.78 bits per heavy atom. The number of hydrogen-bond donors (Lipinski definition) is 1. The topological polar surface area (TPSA) is 65.5 Å². The molecule has 0 aliphatic rings. The number of aryl methyl sites for hydroxylation is 1. The molecule has 1 N–H and O–H groups in total. The highest BCUT2D eigenvalue weighted by molar-refractivity contribution is 5.35. The quantitative estimate of drug-likeness (QED) is 0.531. The lowest BCUT2D eigenvalue weighted by atomic mass is 10.4. The van der Waals surface area contributed by atoms with Crippen LogP contribution in [0.3, 0.4) is 0 Å². The normalized spacial score (nSPS) is 10.6. The monoisotopic (exact) mass is 255 g/mol. The molecular weight excluding hydrogens is 234 g/mol. The average Bonchev–Trinajstić information content (AvgIpc) is 2.33. The second kappa shape index (κ2) is 8.79. The van der Waals surface area contributed by atoms with Gasteiger partial charge < -0.3 is 19.5 Å². The molecule has 0 atom stereocenters. The molecule has 0 unspecified atom stereocenters. The van der Waals surface area contributed by atoms with Crippen molar-refractivity contribution in [3.05, 3.63) is 17.6 Å². The molecule has 1 aromatic heterocycles. The van der Waals surface area contributed by atoms with Crippen LogP contribution in [0.4, 0.5) is 5.82 Å². The standard InChI is InChI=1S/C12H21N3O3/c1-10-7-11(15-12(14-10)8-16-2)13-5-4-6-18-9-17-3/h7H,4-6,8-9H2,1-3H3,(H,13,14,15). The Morgan fingerprint density at radius 1 is 1.22 bits per heavy atom. The highest BCUT2D eigenvalue weighted by atomic mass is 16.7. The molecule has 1 rings (SSSR count). The van der Waals surface area contributed by atoms with Gasteiger partial charge in [-0.15, -0.1) is 0 Å². The SMILES string of the molecule is COCOCCCNc1cc(C)nc(COC)n1. The maximum Gasteiger partial charge on any atom is 0.156 e. The van der Waals surface area contributed by atoms with Gasteiger partial charge in [-0.05, 0) is 13.3 Å². The average molecular weight is 255 g/mol. The summed E-state index contributed by atoms with van der Waals surface area (Å²) < 4.78 is 15.0. The summed E-state index contributed by atoms with van der Waals surface area (Å²) >= 11 is 0. The van der Waals surface area contributed by atoms with E-state index in [-0.39, 0.29) is 0 Å². The van der Waals surface area contributed by atoms with Crippen LogP contribution in [0.2, 0.25) is 0 Å². The van der Waals surface area contributed by atoms with E-state index in [2.05, 4.69) is 15.3 Å². The van der Waals surface area contributed by atoms with Crippen molar-refractivity contribution in [1.82, 2.24) is 9.97 Å². The molecule has 0 aliphatic heterocycles. The summed E-state index contributed by atoms with van der Waals surface area (Å²) in [6.45, 7) is 4.16. The van der Waals surface area contributed by atoms with E-state index in [1.165, 1.54) is 0 Å². The number of ether oxygens (including phenoxy) is 3. The minimum Gasteiger partial charge on any atom is -0.377 e. The molecule has 6 nitrogen and oxygen atoms in total. The zero-order valence-electron chi connectivity index (χ0n) is 11.2. The van der Waals surface area contributed by atoms with Crippen molar-refractivity contribution in [2.45, 2.75) is 20.0 Å². The first-order valence-electron chi connectivity index (χ1n) is 5.90. The van der Waals surface area contributed by atoms with Crippen LogP contribution in [0.15, 0.2) is 6.07 Å². The van der Waals surface area contributed by atoms with Crippen molar-refractivity contribution >= 4 is 5.82 Å². The predicted octanol–water partition coefficient (Wildman–Crippen LogP) is 1.35. The van der Waals surface area contributed by atoms with E-state index < -0.39 is 0 Å². The zero-order chi connectivity index (χ0) is 13.2. The fourth-order valence-electron chi connectivity index (χ4n) is 1.45. The van der Waals surface area contributed by atoms with Crippen molar-refractivity contribution in [2.75, 3.05) is 39.5 Å². The lowest BCUT2D eigenvalue weighted by Gasteiger charge is -2.08. The summed E-state index contributed by atoms with van der Waals surface area (Å²) in [5, 5.41) is 3.23. The lowest BCUT2D eigenvalue weighted by Crippen LogP contribution is -2.10. The van der Waals surface area contributed by atoms with Crippen LogP contribution in [0.25, 0.3) is 0 Å². The van der Waals surface area contributed by atoms with Gasteiger partial charge in [0.1, 0.15) is 19.2 Å². The van der Waals surface area contributed by atoms with Crippen LogP contribution < -0.4 is 5.32 Å². The Morgan fingerprint density at radius 2 is 2.06 bits per heavy atom. The molecule has 1 heterocycles. The Hall–Kier alpha value is -1.24. The van der Waals surface area contributed by atoms with E-state index in [0.29, 0.717) is 25.8 Å². The molecular formula is C12H21N3O3. The summed E-state index contributed by atoms with van der Waals surface area (Å²) in [7, 11) is 3.24. The largest absolute Gasteiger partial charge is 0.377 e. The van der Waals surface area contributed by atoms with Gasteiger partial charge in [0.25, 0.3) is 0 Å². The van der Waals surface area contributed by atoms with Crippen LogP contribution >= 0.6 is 0 Å². The Labute approximate surface area is 108 Å². The highest BCUT2D eigenvalue weighted by Gasteiger charge is 2.01. The van der Waals surface area contributed by atoms with Crippen LogP contribution in [0.5, 0.6) is 0 Å². The molecule has 0 spiro atoms. The number of hydrogen-bond acceptors (Lipinski definition) is 6. The Balaban J connectivity index is 2.32. The fourth-order valence-corrected chi connectivity index (χ4v) is 1.45. The van der Waals surface area contributed by atoms with Crippen LogP contribution in [0.1, 0.15) is 17.9 Å². The van der Waals surface area contributed by atoms with Gasteiger partial charge in [-0.3, -0.25) is 0 Å². The van der Waals surface area contributed by atoms with Gasteiger partial charge in [0, 0.05) is 32.5 Å². The maximum absolute atomic E-state index is 5.19. The third-order valence-electron chi connectivity index (χ3n) is 2.15. The van der Waals surface area contributed by atoms with Crippen LogP contribution in [-0.4, -0.2) is 44.1 Å². The Bertz CT molecular complexity index is 347. The number of rotatable bonds is 9. The van der Waals surface area contributed by atoms with Crippen LogP contribution in [0, 0.1) is 6.92 Å². The molecule has 1 aromatic rings. The first-order chi connectivity index (χ1) is 8.76. The van der Waals surface area contributed by atoms with Crippen molar-refractivity contribution in [3.8, 4) is 0 Å². The molecule has 0 saturated carbocycles. The zero-order valence-corrected chi connectivity index (χ0v) is 11.2. The molecule has 6 heteroatoms. The summed E-state index contributed by atoms with van der Waals surface area (Å²) in [5.41, 5.74) is 0.926. The molecule has 0 fully saturated rings. The molecule has 102 valence electrons. The second-order valence-corrected chi connectivity index (χ2v) is 3.84. The van der Waals surface area contributed by atoms with E-state index in [1.807, 2.05) is 13.0 Å². The van der Waals surface area contributed by atoms with Crippen molar-refractivity contribution in [2.24, 2.45) is 0 Å². The summed E-state index contributed by atoms with van der Waals surface area (Å²) in [5.74, 6) is 1.51. The van der Waals surface area contributed by atoms with Gasteiger partial charge in [0.15, 0.2) is 5.82 Å². The summed E-state index contributed by atoms with van der Waals surface area (Å²) in [4.78, 5) is 8.62. The first kappa shape index (κ1) is 14.8. The fraction of sp³-hybridized carbons (Fsp3) is 0.667. The van der Waals surface area contributed by atoms with Gasteiger partial charge in [0.05, 0.1) is 6.61 Å². The van der Waals surface area contributed by atoms with E-state index in [4.69, 9.17) is 14.2 Å². The van der Waals surface area contributed by atoms with Gasteiger partial charge in [-0.1, -0.05) is 0 Å². The van der Waals surface area contributed by atoms with E-state index in [0.717, 1.165) is 24.5 Å². The lowest BCUT2D eigenvalue weighted by molar-refractivity contribution is -0.0303. The van der Waals surface area contributed by atoms with Crippen LogP contribution in [-0.2, 0) is 20.8 Å². The second-order valence-electron chi connectivity index (χ2n) is 3.84. The molecule has 0 radical (unpaired) electrons. The Kier molecular flexibility index (Phi) is 7.24. The minimum atomic E-state index is 0.338. The maximum atomic E-state index is 5.19. The third kappa shape index (κ3) is 5.90. The number of anilines is 1.